The minimum absolute atomic E-state index is 0.0746. The van der Waals surface area contributed by atoms with Gasteiger partial charge in [0.25, 0.3) is 0 Å². The van der Waals surface area contributed by atoms with Gasteiger partial charge in [-0.1, -0.05) is 20.3 Å². The van der Waals surface area contributed by atoms with Crippen molar-refractivity contribution in [1.82, 2.24) is 4.90 Å². The van der Waals surface area contributed by atoms with Crippen molar-refractivity contribution in [2.75, 3.05) is 40.5 Å². The van der Waals surface area contributed by atoms with Crippen molar-refractivity contribution in [1.29, 1.82) is 0 Å². The number of ether oxygens (including phenoxy) is 2. The molecule has 0 spiro atoms. The van der Waals surface area contributed by atoms with Crippen LogP contribution in [0.2, 0.25) is 0 Å². The molecule has 2 unspecified atom stereocenters. The third kappa shape index (κ3) is 4.84. The molecule has 0 heterocycles. The summed E-state index contributed by atoms with van der Waals surface area (Å²) in [5.74, 6) is 0. The molecule has 0 radical (unpaired) electrons. The standard InChI is InChI=1S/C14H32N2O2/c1-6-8-14(7-2,12-15)16(9-10-17-4)13(3)11-18-5/h13H,6-12,15H2,1-5H3. The van der Waals surface area contributed by atoms with Gasteiger partial charge in [0.05, 0.1) is 13.2 Å². The van der Waals surface area contributed by atoms with Gasteiger partial charge >= 0.3 is 0 Å². The molecule has 0 rings (SSSR count). The topological polar surface area (TPSA) is 47.7 Å². The van der Waals surface area contributed by atoms with Crippen LogP contribution in [0.1, 0.15) is 40.0 Å². The predicted molar refractivity (Wildman–Crippen MR) is 76.9 cm³/mol. The van der Waals surface area contributed by atoms with Gasteiger partial charge in [-0.15, -0.1) is 0 Å². The van der Waals surface area contributed by atoms with Crippen LogP contribution >= 0.6 is 0 Å². The lowest BCUT2D eigenvalue weighted by Gasteiger charge is -2.46. The third-order valence-electron chi connectivity index (χ3n) is 3.84. The van der Waals surface area contributed by atoms with E-state index in [2.05, 4.69) is 25.7 Å². The molecule has 2 N–H and O–H groups in total. The van der Waals surface area contributed by atoms with Crippen molar-refractivity contribution in [3.8, 4) is 0 Å². The van der Waals surface area contributed by atoms with E-state index in [0.717, 1.165) is 39.0 Å². The highest BCUT2D eigenvalue weighted by molar-refractivity contribution is 4.92. The SMILES string of the molecule is CCCC(CC)(CN)N(CCOC)C(C)COC. The van der Waals surface area contributed by atoms with Crippen LogP contribution in [0.15, 0.2) is 0 Å². The fourth-order valence-corrected chi connectivity index (χ4v) is 2.80. The third-order valence-corrected chi connectivity index (χ3v) is 3.84. The van der Waals surface area contributed by atoms with Crippen LogP contribution in [0.3, 0.4) is 0 Å². The van der Waals surface area contributed by atoms with Crippen LogP contribution in [-0.4, -0.2) is 57.0 Å². The highest BCUT2D eigenvalue weighted by Gasteiger charge is 2.35. The maximum atomic E-state index is 6.09. The number of methoxy groups -OCH3 is 2. The van der Waals surface area contributed by atoms with Crippen molar-refractivity contribution in [2.45, 2.75) is 51.6 Å². The summed E-state index contributed by atoms with van der Waals surface area (Å²) in [6, 6.07) is 0.361. The van der Waals surface area contributed by atoms with Crippen molar-refractivity contribution in [3.63, 3.8) is 0 Å². The van der Waals surface area contributed by atoms with Gasteiger partial charge in [0.1, 0.15) is 0 Å². The Kier molecular flexibility index (Phi) is 9.64. The molecule has 4 heteroatoms. The average molecular weight is 260 g/mol. The summed E-state index contributed by atoms with van der Waals surface area (Å²) in [6.07, 6.45) is 3.33. The van der Waals surface area contributed by atoms with Crippen molar-refractivity contribution in [2.24, 2.45) is 5.73 Å². The fourth-order valence-electron chi connectivity index (χ4n) is 2.80. The molecular weight excluding hydrogens is 228 g/mol. The van der Waals surface area contributed by atoms with E-state index < -0.39 is 0 Å². The monoisotopic (exact) mass is 260 g/mol. The van der Waals surface area contributed by atoms with Crippen LogP contribution in [0.25, 0.3) is 0 Å². The van der Waals surface area contributed by atoms with E-state index in [1.807, 2.05) is 0 Å². The van der Waals surface area contributed by atoms with Crippen LogP contribution in [0, 0.1) is 0 Å². The maximum Gasteiger partial charge on any atom is 0.0615 e. The minimum atomic E-state index is 0.0746. The zero-order valence-corrected chi connectivity index (χ0v) is 12.9. The Morgan fingerprint density at radius 2 is 1.89 bits per heavy atom. The van der Waals surface area contributed by atoms with Gasteiger partial charge in [-0.2, -0.15) is 0 Å². The van der Waals surface area contributed by atoms with Crippen LogP contribution in [-0.2, 0) is 9.47 Å². The Balaban J connectivity index is 4.94. The van der Waals surface area contributed by atoms with Gasteiger partial charge in [0, 0.05) is 38.9 Å². The molecule has 18 heavy (non-hydrogen) atoms. The van der Waals surface area contributed by atoms with E-state index in [9.17, 15) is 0 Å². The Morgan fingerprint density at radius 1 is 1.22 bits per heavy atom. The van der Waals surface area contributed by atoms with Crippen LogP contribution in [0.4, 0.5) is 0 Å². The van der Waals surface area contributed by atoms with Gasteiger partial charge in [-0.25, -0.2) is 0 Å². The molecule has 110 valence electrons. The summed E-state index contributed by atoms with van der Waals surface area (Å²) in [6.45, 7) is 9.71. The summed E-state index contributed by atoms with van der Waals surface area (Å²) in [5, 5.41) is 0. The molecule has 0 aromatic carbocycles. The maximum absolute atomic E-state index is 6.09. The summed E-state index contributed by atoms with van der Waals surface area (Å²) in [5.41, 5.74) is 6.16. The molecule has 0 amide bonds. The molecule has 2 atom stereocenters. The Morgan fingerprint density at radius 3 is 2.28 bits per heavy atom. The van der Waals surface area contributed by atoms with Crippen molar-refractivity contribution in [3.05, 3.63) is 0 Å². The molecular formula is C14H32N2O2. The average Bonchev–Trinajstić information content (AvgIpc) is 2.38. The van der Waals surface area contributed by atoms with E-state index >= 15 is 0 Å². The Labute approximate surface area is 113 Å². The van der Waals surface area contributed by atoms with Crippen LogP contribution < -0.4 is 5.73 Å². The van der Waals surface area contributed by atoms with Crippen molar-refractivity contribution < 1.29 is 9.47 Å². The Bertz CT molecular complexity index is 196. The smallest absolute Gasteiger partial charge is 0.0615 e. The van der Waals surface area contributed by atoms with Crippen molar-refractivity contribution >= 4 is 0 Å². The molecule has 4 nitrogen and oxygen atoms in total. The molecule has 0 saturated heterocycles. The van der Waals surface area contributed by atoms with E-state index in [0.29, 0.717) is 12.6 Å². The lowest BCUT2D eigenvalue weighted by Crippen LogP contribution is -2.58. The first-order chi connectivity index (χ1) is 8.61. The van der Waals surface area contributed by atoms with Gasteiger partial charge < -0.3 is 15.2 Å². The summed E-state index contributed by atoms with van der Waals surface area (Å²) in [7, 11) is 3.50. The normalized spacial score (nSPS) is 16.8. The van der Waals surface area contributed by atoms with E-state index in [1.54, 1.807) is 14.2 Å². The zero-order chi connectivity index (χ0) is 14.0. The Hall–Kier alpha value is -0.160. The summed E-state index contributed by atoms with van der Waals surface area (Å²) in [4.78, 5) is 2.48. The number of hydrogen-bond donors (Lipinski definition) is 1. The van der Waals surface area contributed by atoms with Gasteiger partial charge in [0.2, 0.25) is 0 Å². The molecule has 0 aliphatic heterocycles. The molecule has 0 aliphatic carbocycles. The highest BCUT2D eigenvalue weighted by Crippen LogP contribution is 2.27. The van der Waals surface area contributed by atoms with Crippen LogP contribution in [0.5, 0.6) is 0 Å². The lowest BCUT2D eigenvalue weighted by molar-refractivity contribution is -0.00755. The fraction of sp³-hybridized carbons (Fsp3) is 1.00. The van der Waals surface area contributed by atoms with E-state index in [4.69, 9.17) is 15.2 Å². The number of rotatable bonds is 11. The molecule has 0 fully saturated rings. The van der Waals surface area contributed by atoms with Gasteiger partial charge in [-0.05, 0) is 19.8 Å². The molecule has 0 aliphatic rings. The lowest BCUT2D eigenvalue weighted by atomic mass is 9.87. The number of hydrogen-bond acceptors (Lipinski definition) is 4. The van der Waals surface area contributed by atoms with E-state index in [1.165, 1.54) is 0 Å². The quantitative estimate of drug-likeness (QED) is 0.616. The second-order valence-corrected chi connectivity index (χ2v) is 5.02. The number of nitrogens with zero attached hydrogens (tertiary/aromatic N) is 1. The predicted octanol–water partition coefficient (Wildman–Crippen LogP) is 1.88. The molecule has 0 saturated carbocycles. The molecule has 0 aromatic heterocycles. The largest absolute Gasteiger partial charge is 0.383 e. The first-order valence-electron chi connectivity index (χ1n) is 7.06. The first kappa shape index (κ1) is 17.8. The summed E-state index contributed by atoms with van der Waals surface area (Å²) >= 11 is 0. The molecule has 0 bridgehead atoms. The van der Waals surface area contributed by atoms with Gasteiger partial charge in [0.15, 0.2) is 0 Å². The highest BCUT2D eigenvalue weighted by atomic mass is 16.5. The molecule has 0 aromatic rings. The first-order valence-corrected chi connectivity index (χ1v) is 7.06. The number of nitrogens with two attached hydrogens (primary N) is 1. The zero-order valence-electron chi connectivity index (χ0n) is 12.9. The second kappa shape index (κ2) is 9.73. The minimum Gasteiger partial charge on any atom is -0.383 e. The second-order valence-electron chi connectivity index (χ2n) is 5.02. The summed E-state index contributed by atoms with van der Waals surface area (Å²) < 4.78 is 10.5. The van der Waals surface area contributed by atoms with Gasteiger partial charge in [-0.3, -0.25) is 4.90 Å². The van der Waals surface area contributed by atoms with E-state index in [-0.39, 0.29) is 5.54 Å².